The fourth-order valence-corrected chi connectivity index (χ4v) is 2.18. The number of thiophene rings is 1. The maximum Gasteiger partial charge on any atom is 0.261 e. The Labute approximate surface area is 119 Å². The minimum absolute atomic E-state index is 0.101. The Balaban J connectivity index is 1.57. The van der Waals surface area contributed by atoms with Crippen molar-refractivity contribution >= 4 is 23.2 Å². The topological polar surface area (TPSA) is 99.8 Å². The molecule has 2 aromatic heterocycles. The molecule has 2 heterocycles. The molecule has 0 saturated carbocycles. The summed E-state index contributed by atoms with van der Waals surface area (Å²) < 4.78 is 0. The van der Waals surface area contributed by atoms with Crippen LogP contribution in [-0.2, 0) is 11.2 Å². The molecule has 0 aliphatic heterocycles. The smallest absolute Gasteiger partial charge is 0.261 e. The van der Waals surface area contributed by atoms with Gasteiger partial charge >= 0.3 is 0 Å². The van der Waals surface area contributed by atoms with Crippen molar-refractivity contribution in [3.8, 4) is 0 Å². The third-order valence-corrected chi connectivity index (χ3v) is 3.40. The first-order valence-electron chi connectivity index (χ1n) is 6.18. The van der Waals surface area contributed by atoms with E-state index in [1.807, 2.05) is 11.4 Å². The van der Waals surface area contributed by atoms with Crippen LogP contribution in [0.15, 0.2) is 23.8 Å². The summed E-state index contributed by atoms with van der Waals surface area (Å²) in [5.41, 5.74) is 0. The van der Waals surface area contributed by atoms with E-state index in [-0.39, 0.29) is 18.2 Å². The van der Waals surface area contributed by atoms with Crippen LogP contribution in [0.4, 0.5) is 0 Å². The molecule has 0 aliphatic carbocycles. The van der Waals surface area contributed by atoms with E-state index in [0.29, 0.717) is 24.4 Å². The second kappa shape index (κ2) is 7.39. The summed E-state index contributed by atoms with van der Waals surface area (Å²) in [7, 11) is 0. The molecule has 0 aromatic carbocycles. The zero-order chi connectivity index (χ0) is 14.2. The lowest BCUT2D eigenvalue weighted by Crippen LogP contribution is -2.31. The molecule has 3 N–H and O–H groups in total. The molecule has 2 rings (SSSR count). The van der Waals surface area contributed by atoms with E-state index in [4.69, 9.17) is 0 Å². The highest BCUT2D eigenvalue weighted by atomic mass is 32.1. The lowest BCUT2D eigenvalue weighted by molar-refractivity contribution is -0.120. The number of nitrogens with one attached hydrogen (secondary N) is 3. The van der Waals surface area contributed by atoms with Crippen LogP contribution in [-0.4, -0.2) is 40.1 Å². The quantitative estimate of drug-likeness (QED) is 0.685. The van der Waals surface area contributed by atoms with Crippen molar-refractivity contribution in [3.05, 3.63) is 34.5 Å². The zero-order valence-corrected chi connectivity index (χ0v) is 11.6. The number of amides is 2. The fraction of sp³-hybridized carbons (Fsp3) is 0.333. The summed E-state index contributed by atoms with van der Waals surface area (Å²) in [6, 6.07) is 3.56. The Bertz CT molecular complexity index is 538. The van der Waals surface area contributed by atoms with Crippen molar-refractivity contribution in [2.45, 2.75) is 12.8 Å². The predicted molar refractivity (Wildman–Crippen MR) is 74.4 cm³/mol. The number of H-pyrrole nitrogens is 1. The Morgan fingerprint density at radius 2 is 2.20 bits per heavy atom. The lowest BCUT2D eigenvalue weighted by Gasteiger charge is -2.05. The van der Waals surface area contributed by atoms with Gasteiger partial charge in [-0.1, -0.05) is 6.07 Å². The van der Waals surface area contributed by atoms with Gasteiger partial charge in [-0.05, 0) is 11.4 Å². The molecule has 7 nitrogen and oxygen atoms in total. The molecule has 0 unspecified atom stereocenters. The first-order valence-corrected chi connectivity index (χ1v) is 7.06. The Morgan fingerprint density at radius 1 is 1.30 bits per heavy atom. The standard InChI is InChI=1S/C12H15N5O2S/c18-11(13-5-3-10-15-8-16-17-10)4-6-14-12(19)9-2-1-7-20-9/h1-2,7-8H,3-6H2,(H,13,18)(H,14,19)(H,15,16,17). The van der Waals surface area contributed by atoms with Gasteiger partial charge in [-0.25, -0.2) is 4.98 Å². The first-order chi connectivity index (χ1) is 9.75. The summed E-state index contributed by atoms with van der Waals surface area (Å²) in [6.45, 7) is 0.817. The van der Waals surface area contributed by atoms with Gasteiger partial charge in [0.05, 0.1) is 4.88 Å². The van der Waals surface area contributed by atoms with Gasteiger partial charge in [0.1, 0.15) is 12.2 Å². The van der Waals surface area contributed by atoms with Gasteiger partial charge in [-0.2, -0.15) is 5.10 Å². The van der Waals surface area contributed by atoms with E-state index < -0.39 is 0 Å². The number of aromatic nitrogens is 3. The molecule has 0 spiro atoms. The van der Waals surface area contributed by atoms with Gasteiger partial charge < -0.3 is 10.6 Å². The van der Waals surface area contributed by atoms with Crippen LogP contribution in [0.3, 0.4) is 0 Å². The average Bonchev–Trinajstić information content (AvgIpc) is 3.12. The van der Waals surface area contributed by atoms with Gasteiger partial charge in [0.25, 0.3) is 5.91 Å². The molecular weight excluding hydrogens is 278 g/mol. The predicted octanol–water partition coefficient (Wildman–Crippen LogP) is 0.345. The third-order valence-electron chi connectivity index (χ3n) is 2.53. The van der Waals surface area contributed by atoms with E-state index in [2.05, 4.69) is 25.8 Å². The number of hydrogen-bond donors (Lipinski definition) is 3. The van der Waals surface area contributed by atoms with E-state index in [1.165, 1.54) is 17.7 Å². The third kappa shape index (κ3) is 4.47. The minimum Gasteiger partial charge on any atom is -0.356 e. The van der Waals surface area contributed by atoms with Crippen LogP contribution in [0.1, 0.15) is 21.9 Å². The SMILES string of the molecule is O=C(CCNC(=O)c1cccs1)NCCc1ncn[nH]1. The second-order valence-corrected chi connectivity index (χ2v) is 4.96. The Hall–Kier alpha value is -2.22. The maximum atomic E-state index is 11.6. The molecule has 106 valence electrons. The largest absolute Gasteiger partial charge is 0.356 e. The number of aromatic amines is 1. The number of nitrogens with zero attached hydrogens (tertiary/aromatic N) is 2. The first kappa shape index (κ1) is 14.2. The van der Waals surface area contributed by atoms with E-state index in [9.17, 15) is 9.59 Å². The van der Waals surface area contributed by atoms with Crippen LogP contribution in [0.2, 0.25) is 0 Å². The molecular formula is C12H15N5O2S. The molecule has 0 fully saturated rings. The average molecular weight is 293 g/mol. The van der Waals surface area contributed by atoms with Crippen molar-refractivity contribution in [2.75, 3.05) is 13.1 Å². The van der Waals surface area contributed by atoms with Gasteiger partial charge in [0.2, 0.25) is 5.91 Å². The molecule has 0 saturated heterocycles. The Kier molecular flexibility index (Phi) is 5.24. The number of carbonyl (C=O) groups is 2. The maximum absolute atomic E-state index is 11.6. The van der Waals surface area contributed by atoms with Gasteiger partial charge in [0, 0.05) is 25.9 Å². The fourth-order valence-electron chi connectivity index (χ4n) is 1.54. The summed E-state index contributed by atoms with van der Waals surface area (Å²) in [4.78, 5) is 27.7. The number of hydrogen-bond acceptors (Lipinski definition) is 5. The van der Waals surface area contributed by atoms with E-state index in [0.717, 1.165) is 5.82 Å². The highest BCUT2D eigenvalue weighted by Crippen LogP contribution is 2.07. The highest BCUT2D eigenvalue weighted by molar-refractivity contribution is 7.12. The molecule has 0 radical (unpaired) electrons. The molecule has 0 aliphatic rings. The van der Waals surface area contributed by atoms with Crippen LogP contribution >= 0.6 is 11.3 Å². The van der Waals surface area contributed by atoms with Crippen molar-refractivity contribution in [2.24, 2.45) is 0 Å². The minimum atomic E-state index is -0.144. The molecule has 2 aromatic rings. The van der Waals surface area contributed by atoms with Crippen molar-refractivity contribution in [1.82, 2.24) is 25.8 Å². The molecule has 0 bridgehead atoms. The van der Waals surface area contributed by atoms with Gasteiger partial charge in [-0.15, -0.1) is 11.3 Å². The number of carbonyl (C=O) groups excluding carboxylic acids is 2. The molecule has 8 heteroatoms. The van der Waals surface area contributed by atoms with E-state index in [1.54, 1.807) is 6.07 Å². The van der Waals surface area contributed by atoms with Gasteiger partial charge in [0.15, 0.2) is 0 Å². The van der Waals surface area contributed by atoms with Crippen LogP contribution in [0.25, 0.3) is 0 Å². The lowest BCUT2D eigenvalue weighted by atomic mass is 10.3. The Morgan fingerprint density at radius 3 is 2.90 bits per heavy atom. The molecule has 0 atom stereocenters. The van der Waals surface area contributed by atoms with E-state index >= 15 is 0 Å². The zero-order valence-electron chi connectivity index (χ0n) is 10.8. The summed E-state index contributed by atoms with van der Waals surface area (Å²) in [5.74, 6) is 0.488. The highest BCUT2D eigenvalue weighted by Gasteiger charge is 2.07. The number of rotatable bonds is 7. The second-order valence-electron chi connectivity index (χ2n) is 4.02. The van der Waals surface area contributed by atoms with Crippen molar-refractivity contribution in [1.29, 1.82) is 0 Å². The molecule has 20 heavy (non-hydrogen) atoms. The molecule has 2 amide bonds. The normalized spacial score (nSPS) is 10.2. The monoisotopic (exact) mass is 293 g/mol. The van der Waals surface area contributed by atoms with Crippen LogP contribution < -0.4 is 10.6 Å². The summed E-state index contributed by atoms with van der Waals surface area (Å²) in [5, 5.41) is 13.7. The van der Waals surface area contributed by atoms with Crippen molar-refractivity contribution < 1.29 is 9.59 Å². The van der Waals surface area contributed by atoms with Crippen LogP contribution in [0.5, 0.6) is 0 Å². The summed E-state index contributed by atoms with van der Waals surface area (Å²) >= 11 is 1.37. The van der Waals surface area contributed by atoms with Gasteiger partial charge in [-0.3, -0.25) is 14.7 Å². The van der Waals surface area contributed by atoms with Crippen LogP contribution in [0, 0.1) is 0 Å². The van der Waals surface area contributed by atoms with Crippen molar-refractivity contribution in [3.63, 3.8) is 0 Å². The summed E-state index contributed by atoms with van der Waals surface area (Å²) in [6.07, 6.45) is 2.29.